The summed E-state index contributed by atoms with van der Waals surface area (Å²) >= 11 is 1.03. The number of carbonyl (C=O) groups excluding carboxylic acids is 2. The van der Waals surface area contributed by atoms with Crippen LogP contribution < -0.4 is 10.6 Å². The first kappa shape index (κ1) is 15.1. The molecule has 5 nitrogen and oxygen atoms in total. The van der Waals surface area contributed by atoms with Crippen LogP contribution in [0.1, 0.15) is 13.8 Å². The maximum Gasteiger partial charge on any atom is 0.313 e. The van der Waals surface area contributed by atoms with Crippen molar-refractivity contribution in [1.29, 1.82) is 5.26 Å². The first-order valence-corrected chi connectivity index (χ1v) is 6.59. The Kier molecular flexibility index (Phi) is 5.90. The summed E-state index contributed by atoms with van der Waals surface area (Å²) in [5, 5.41) is 15.5. The van der Waals surface area contributed by atoms with E-state index in [1.165, 1.54) is 0 Å². The minimum atomic E-state index is -0.693. The number of hydrogen-bond acceptors (Lipinski definition) is 4. The van der Waals surface area contributed by atoms with Gasteiger partial charge in [-0.1, -0.05) is 13.8 Å². The molecule has 0 radical (unpaired) electrons. The molecule has 0 heterocycles. The Bertz CT molecular complexity index is 492. The van der Waals surface area contributed by atoms with E-state index in [0.717, 1.165) is 16.7 Å². The van der Waals surface area contributed by atoms with Crippen molar-refractivity contribution in [3.63, 3.8) is 0 Å². The average molecular weight is 277 g/mol. The van der Waals surface area contributed by atoms with Crippen LogP contribution in [0.3, 0.4) is 0 Å². The summed E-state index contributed by atoms with van der Waals surface area (Å²) in [7, 11) is 0. The zero-order valence-electron chi connectivity index (χ0n) is 10.8. The lowest BCUT2D eigenvalue weighted by Crippen LogP contribution is -2.37. The molecule has 6 heteroatoms. The fourth-order valence-corrected chi connectivity index (χ4v) is 1.60. The van der Waals surface area contributed by atoms with Crippen molar-refractivity contribution in [2.75, 3.05) is 11.9 Å². The summed E-state index contributed by atoms with van der Waals surface area (Å²) in [4.78, 5) is 23.8. The van der Waals surface area contributed by atoms with E-state index in [1.54, 1.807) is 24.3 Å². The minimum absolute atomic E-state index is 0.291. The van der Waals surface area contributed by atoms with Gasteiger partial charge < -0.3 is 10.6 Å². The highest BCUT2D eigenvalue weighted by atomic mass is 32.2. The Morgan fingerprint density at radius 3 is 2.42 bits per heavy atom. The van der Waals surface area contributed by atoms with Gasteiger partial charge in [0.2, 0.25) is 0 Å². The van der Waals surface area contributed by atoms with Gasteiger partial charge in [-0.15, -0.1) is 0 Å². The van der Waals surface area contributed by atoms with E-state index < -0.39 is 11.8 Å². The third kappa shape index (κ3) is 5.44. The van der Waals surface area contributed by atoms with Gasteiger partial charge in [-0.3, -0.25) is 9.59 Å². The van der Waals surface area contributed by atoms with E-state index in [-0.39, 0.29) is 0 Å². The summed E-state index contributed by atoms with van der Waals surface area (Å²) in [6.45, 7) is 4.36. The van der Waals surface area contributed by atoms with Gasteiger partial charge in [0.1, 0.15) is 5.40 Å². The number of carbonyl (C=O) groups is 2. The predicted octanol–water partition coefficient (Wildman–Crippen LogP) is 1.97. The molecule has 0 aromatic heterocycles. The molecule has 0 bridgehead atoms. The van der Waals surface area contributed by atoms with Crippen LogP contribution in [0.25, 0.3) is 0 Å². The van der Waals surface area contributed by atoms with Crippen molar-refractivity contribution in [1.82, 2.24) is 5.32 Å². The maximum atomic E-state index is 11.6. The molecule has 2 N–H and O–H groups in total. The molecular formula is C13H15N3O2S. The molecule has 0 spiro atoms. The number of nitriles is 1. The molecule has 2 amide bonds. The van der Waals surface area contributed by atoms with Crippen LogP contribution in [0.4, 0.5) is 5.69 Å². The van der Waals surface area contributed by atoms with E-state index in [2.05, 4.69) is 10.6 Å². The Balaban J connectivity index is 2.52. The number of thioether (sulfide) groups is 1. The van der Waals surface area contributed by atoms with E-state index in [0.29, 0.717) is 18.2 Å². The molecule has 0 atom stereocenters. The number of hydrogen-bond donors (Lipinski definition) is 2. The van der Waals surface area contributed by atoms with Gasteiger partial charge >= 0.3 is 11.8 Å². The van der Waals surface area contributed by atoms with E-state index in [4.69, 9.17) is 5.26 Å². The quantitative estimate of drug-likeness (QED) is 0.501. The second kappa shape index (κ2) is 7.44. The first-order valence-electron chi connectivity index (χ1n) is 5.78. The first-order chi connectivity index (χ1) is 9.02. The lowest BCUT2D eigenvalue weighted by atomic mass is 10.2. The molecule has 0 saturated heterocycles. The third-order valence-corrected chi connectivity index (χ3v) is 2.75. The van der Waals surface area contributed by atoms with Crippen LogP contribution in [0.15, 0.2) is 29.2 Å². The Morgan fingerprint density at radius 1 is 1.26 bits per heavy atom. The number of rotatable bonds is 4. The monoisotopic (exact) mass is 277 g/mol. The lowest BCUT2D eigenvalue weighted by molar-refractivity contribution is -0.136. The van der Waals surface area contributed by atoms with Crippen LogP contribution in [0.5, 0.6) is 0 Å². The van der Waals surface area contributed by atoms with E-state index in [1.807, 2.05) is 19.2 Å². The smallest absolute Gasteiger partial charge is 0.313 e. The Labute approximate surface area is 116 Å². The van der Waals surface area contributed by atoms with Crippen LogP contribution >= 0.6 is 11.8 Å². The molecule has 100 valence electrons. The summed E-state index contributed by atoms with van der Waals surface area (Å²) in [6.07, 6.45) is 0. The summed E-state index contributed by atoms with van der Waals surface area (Å²) < 4.78 is 0. The topological polar surface area (TPSA) is 82.0 Å². The number of nitrogens with one attached hydrogen (secondary N) is 2. The Hall–Kier alpha value is -2.00. The highest BCUT2D eigenvalue weighted by Gasteiger charge is 2.13. The number of anilines is 1. The van der Waals surface area contributed by atoms with Crippen molar-refractivity contribution in [3.8, 4) is 5.40 Å². The van der Waals surface area contributed by atoms with Gasteiger partial charge in [0.15, 0.2) is 0 Å². The molecule has 0 aliphatic rings. The van der Waals surface area contributed by atoms with Crippen molar-refractivity contribution in [2.45, 2.75) is 18.7 Å². The largest absolute Gasteiger partial charge is 0.348 e. The van der Waals surface area contributed by atoms with Crippen molar-refractivity contribution in [2.24, 2.45) is 5.92 Å². The molecular weight excluding hydrogens is 262 g/mol. The number of benzene rings is 1. The SMILES string of the molecule is CC(C)CNC(=O)C(=O)Nc1ccc(SC#N)cc1. The second-order valence-corrected chi connectivity index (χ2v) is 5.13. The molecule has 1 rings (SSSR count). The van der Waals surface area contributed by atoms with Gasteiger partial charge in [0.25, 0.3) is 0 Å². The van der Waals surface area contributed by atoms with Gasteiger partial charge in [-0.2, -0.15) is 5.26 Å². The van der Waals surface area contributed by atoms with Crippen LogP contribution in [-0.4, -0.2) is 18.4 Å². The van der Waals surface area contributed by atoms with Crippen LogP contribution in [0.2, 0.25) is 0 Å². The predicted molar refractivity (Wildman–Crippen MR) is 74.4 cm³/mol. The maximum absolute atomic E-state index is 11.6. The summed E-state index contributed by atoms with van der Waals surface area (Å²) in [6, 6.07) is 6.70. The van der Waals surface area contributed by atoms with Crippen LogP contribution in [0, 0.1) is 16.6 Å². The molecule has 0 unspecified atom stereocenters. The minimum Gasteiger partial charge on any atom is -0.348 e. The Morgan fingerprint density at radius 2 is 1.89 bits per heavy atom. The van der Waals surface area contributed by atoms with Gasteiger partial charge in [-0.05, 0) is 41.9 Å². The van der Waals surface area contributed by atoms with E-state index >= 15 is 0 Å². The molecule has 1 aromatic carbocycles. The van der Waals surface area contributed by atoms with Gasteiger partial charge in [0.05, 0.1) is 0 Å². The lowest BCUT2D eigenvalue weighted by Gasteiger charge is -2.08. The molecule has 0 aliphatic carbocycles. The van der Waals surface area contributed by atoms with Gasteiger partial charge in [0, 0.05) is 17.1 Å². The van der Waals surface area contributed by atoms with Gasteiger partial charge in [-0.25, -0.2) is 0 Å². The number of amides is 2. The van der Waals surface area contributed by atoms with Crippen molar-refractivity contribution in [3.05, 3.63) is 24.3 Å². The fourth-order valence-electron chi connectivity index (χ4n) is 1.22. The third-order valence-electron chi connectivity index (χ3n) is 2.15. The highest BCUT2D eigenvalue weighted by molar-refractivity contribution is 8.03. The highest BCUT2D eigenvalue weighted by Crippen LogP contribution is 2.18. The van der Waals surface area contributed by atoms with E-state index in [9.17, 15) is 9.59 Å². The zero-order valence-corrected chi connectivity index (χ0v) is 11.6. The van der Waals surface area contributed by atoms with Crippen molar-refractivity contribution < 1.29 is 9.59 Å². The number of thiocyanates is 1. The zero-order chi connectivity index (χ0) is 14.3. The molecule has 0 aliphatic heterocycles. The summed E-state index contributed by atoms with van der Waals surface area (Å²) in [5.41, 5.74) is 0.520. The second-order valence-electron chi connectivity index (χ2n) is 4.28. The standard InChI is InChI=1S/C13H15N3O2S/c1-9(2)7-15-12(17)13(18)16-10-3-5-11(6-4-10)19-8-14/h3-6,9H,7H2,1-2H3,(H,15,17)(H,16,18). The fraction of sp³-hybridized carbons (Fsp3) is 0.308. The summed E-state index contributed by atoms with van der Waals surface area (Å²) in [5.74, 6) is -1.05. The molecule has 0 saturated carbocycles. The average Bonchev–Trinajstić information content (AvgIpc) is 2.38. The molecule has 1 aromatic rings. The molecule has 0 fully saturated rings. The normalized spacial score (nSPS) is 9.79. The van der Waals surface area contributed by atoms with Crippen LogP contribution in [-0.2, 0) is 9.59 Å². The van der Waals surface area contributed by atoms with Crippen molar-refractivity contribution >= 4 is 29.3 Å². The molecule has 19 heavy (non-hydrogen) atoms. The number of nitrogens with zero attached hydrogens (tertiary/aromatic N) is 1.